The Kier molecular flexibility index (Phi) is 3.76. The number of anilines is 1. The molecule has 1 unspecified atom stereocenters. The number of nitrogens with zero attached hydrogens (tertiary/aromatic N) is 1. The van der Waals surface area contributed by atoms with Crippen LogP contribution in [0.4, 0.5) is 10.5 Å². The van der Waals surface area contributed by atoms with Crippen molar-refractivity contribution in [2.75, 3.05) is 5.32 Å². The number of carbonyl (C=O) groups is 3. The van der Waals surface area contributed by atoms with Gasteiger partial charge in [-0.05, 0) is 18.2 Å². The van der Waals surface area contributed by atoms with E-state index in [4.69, 9.17) is 5.11 Å². The molecule has 0 spiro atoms. The van der Waals surface area contributed by atoms with Gasteiger partial charge in [0.15, 0.2) is 0 Å². The summed E-state index contributed by atoms with van der Waals surface area (Å²) in [5.41, 5.74) is 0.564. The highest BCUT2D eigenvalue weighted by Crippen LogP contribution is 2.39. The molecular formula is C14H13N3O4S. The lowest BCUT2D eigenvalue weighted by Crippen LogP contribution is -2.56. The number of urea groups is 1. The van der Waals surface area contributed by atoms with Gasteiger partial charge in [0, 0.05) is 5.69 Å². The molecule has 2 aliphatic heterocycles. The molecular weight excluding hydrogens is 306 g/mol. The van der Waals surface area contributed by atoms with Gasteiger partial charge in [-0.15, -0.1) is 11.8 Å². The van der Waals surface area contributed by atoms with Crippen molar-refractivity contribution in [3.8, 4) is 0 Å². The van der Waals surface area contributed by atoms with Gasteiger partial charge >= 0.3 is 12.0 Å². The SMILES string of the molecule is O=C(Nc1ccccc1)NC1C=C(C(=O)O)N2C(=O)C[C@H]2S1. The molecule has 1 aromatic carbocycles. The first kappa shape index (κ1) is 14.5. The molecule has 1 fully saturated rings. The minimum atomic E-state index is -1.17. The van der Waals surface area contributed by atoms with Crippen molar-refractivity contribution in [1.29, 1.82) is 0 Å². The van der Waals surface area contributed by atoms with Gasteiger partial charge in [-0.2, -0.15) is 0 Å². The normalized spacial score (nSPS) is 23.0. The Hall–Kier alpha value is -2.48. The molecule has 0 bridgehead atoms. The molecule has 0 saturated carbocycles. The minimum absolute atomic E-state index is 0.0787. The summed E-state index contributed by atoms with van der Waals surface area (Å²) in [5, 5.41) is 13.8. The number of hydrogen-bond acceptors (Lipinski definition) is 4. The summed E-state index contributed by atoms with van der Waals surface area (Å²) in [6, 6.07) is 8.50. The van der Waals surface area contributed by atoms with Crippen LogP contribution in [0.3, 0.4) is 0 Å². The van der Waals surface area contributed by atoms with Crippen molar-refractivity contribution in [3.63, 3.8) is 0 Å². The second-order valence-corrected chi connectivity index (χ2v) is 6.12. The number of fused-ring (bicyclic) bond motifs is 1. The standard InChI is InChI=1S/C14H13N3O4S/c18-11-7-12-17(11)9(13(19)20)6-10(22-12)16-14(21)15-8-4-2-1-3-5-8/h1-6,10,12H,7H2,(H,19,20)(H2,15,16,21)/t10?,12-/m1/s1. The molecule has 8 heteroatoms. The van der Waals surface area contributed by atoms with E-state index in [0.29, 0.717) is 5.69 Å². The molecule has 1 aromatic rings. The van der Waals surface area contributed by atoms with Crippen molar-refractivity contribution < 1.29 is 19.5 Å². The van der Waals surface area contributed by atoms with Crippen LogP contribution in [0.15, 0.2) is 42.1 Å². The number of para-hydroxylation sites is 1. The Balaban J connectivity index is 1.67. The van der Waals surface area contributed by atoms with E-state index in [-0.39, 0.29) is 23.4 Å². The smallest absolute Gasteiger partial charge is 0.352 e. The summed E-state index contributed by atoms with van der Waals surface area (Å²) < 4.78 is 0. The van der Waals surface area contributed by atoms with Gasteiger partial charge in [-0.1, -0.05) is 18.2 Å². The fourth-order valence-electron chi connectivity index (χ4n) is 2.29. The Morgan fingerprint density at radius 1 is 1.27 bits per heavy atom. The van der Waals surface area contributed by atoms with E-state index in [2.05, 4.69) is 10.6 Å². The molecule has 1 saturated heterocycles. The number of carboxylic acids is 1. The molecule has 2 heterocycles. The minimum Gasteiger partial charge on any atom is -0.477 e. The average Bonchev–Trinajstić information content (AvgIpc) is 2.46. The molecule has 22 heavy (non-hydrogen) atoms. The number of hydrogen-bond donors (Lipinski definition) is 3. The summed E-state index contributed by atoms with van der Waals surface area (Å²) in [4.78, 5) is 35.9. The first-order valence-electron chi connectivity index (χ1n) is 6.60. The molecule has 0 radical (unpaired) electrons. The third-order valence-electron chi connectivity index (χ3n) is 3.30. The largest absolute Gasteiger partial charge is 0.477 e. The van der Waals surface area contributed by atoms with Crippen LogP contribution in [0.2, 0.25) is 0 Å². The Morgan fingerprint density at radius 3 is 2.64 bits per heavy atom. The summed E-state index contributed by atoms with van der Waals surface area (Å²) in [5.74, 6) is -1.38. The first-order valence-corrected chi connectivity index (χ1v) is 7.54. The average molecular weight is 319 g/mol. The van der Waals surface area contributed by atoms with Gasteiger partial charge in [0.25, 0.3) is 0 Å². The number of carboxylic acid groups (broad SMARTS) is 1. The number of amides is 3. The lowest BCUT2D eigenvalue weighted by molar-refractivity contribution is -0.146. The number of β-lactam (4-membered cyclic amide) rings is 1. The second-order valence-electron chi connectivity index (χ2n) is 4.80. The molecule has 0 aromatic heterocycles. The molecule has 3 N–H and O–H groups in total. The molecule has 2 aliphatic rings. The van der Waals surface area contributed by atoms with E-state index in [0.717, 1.165) is 0 Å². The van der Waals surface area contributed by atoms with Crippen molar-refractivity contribution in [1.82, 2.24) is 10.2 Å². The predicted octanol–water partition coefficient (Wildman–Crippen LogP) is 1.41. The highest BCUT2D eigenvalue weighted by atomic mass is 32.2. The summed E-state index contributed by atoms with van der Waals surface area (Å²) in [6.45, 7) is 0. The molecule has 7 nitrogen and oxygen atoms in total. The zero-order valence-electron chi connectivity index (χ0n) is 11.4. The van der Waals surface area contributed by atoms with Gasteiger partial charge in [0.1, 0.15) is 5.70 Å². The van der Waals surface area contributed by atoms with Crippen LogP contribution in [0.5, 0.6) is 0 Å². The van der Waals surface area contributed by atoms with Gasteiger partial charge in [-0.3, -0.25) is 9.69 Å². The Labute approximate surface area is 130 Å². The third-order valence-corrected chi connectivity index (χ3v) is 4.54. The molecule has 3 amide bonds. The summed E-state index contributed by atoms with van der Waals surface area (Å²) >= 11 is 1.34. The third kappa shape index (κ3) is 2.77. The molecule has 3 rings (SSSR count). The quantitative estimate of drug-likeness (QED) is 0.732. The van der Waals surface area contributed by atoms with Crippen LogP contribution in [0.25, 0.3) is 0 Å². The van der Waals surface area contributed by atoms with Crippen LogP contribution in [0.1, 0.15) is 6.42 Å². The first-order chi connectivity index (χ1) is 10.5. The molecule has 0 aliphatic carbocycles. The van der Waals surface area contributed by atoms with Crippen molar-refractivity contribution in [2.45, 2.75) is 17.2 Å². The van der Waals surface area contributed by atoms with Crippen LogP contribution in [0, 0.1) is 0 Å². The number of thioether (sulfide) groups is 1. The van der Waals surface area contributed by atoms with Gasteiger partial charge in [0.2, 0.25) is 5.91 Å². The highest BCUT2D eigenvalue weighted by Gasteiger charge is 2.45. The number of aliphatic carboxylic acids is 1. The number of benzene rings is 1. The lowest BCUT2D eigenvalue weighted by atomic mass is 10.1. The summed E-state index contributed by atoms with van der Waals surface area (Å²) in [7, 11) is 0. The van der Waals surface area contributed by atoms with Crippen molar-refractivity contribution in [3.05, 3.63) is 42.1 Å². The second kappa shape index (κ2) is 5.72. The monoisotopic (exact) mass is 319 g/mol. The maximum atomic E-state index is 11.9. The van der Waals surface area contributed by atoms with E-state index in [1.807, 2.05) is 6.07 Å². The number of carbonyl (C=O) groups excluding carboxylic acids is 2. The Bertz CT molecular complexity index is 661. The van der Waals surface area contributed by atoms with Gasteiger partial charge in [0.05, 0.1) is 17.2 Å². The van der Waals surface area contributed by atoms with Crippen molar-refractivity contribution >= 4 is 35.4 Å². The van der Waals surface area contributed by atoms with E-state index in [1.165, 1.54) is 22.7 Å². The number of rotatable bonds is 3. The fraction of sp³-hybridized carbons (Fsp3) is 0.214. The van der Waals surface area contributed by atoms with Gasteiger partial charge in [-0.25, -0.2) is 9.59 Å². The highest BCUT2D eigenvalue weighted by molar-refractivity contribution is 8.00. The van der Waals surface area contributed by atoms with Crippen molar-refractivity contribution in [2.24, 2.45) is 0 Å². The van der Waals surface area contributed by atoms with E-state index < -0.39 is 17.4 Å². The molecule has 2 atom stereocenters. The predicted molar refractivity (Wildman–Crippen MR) is 80.9 cm³/mol. The van der Waals surface area contributed by atoms with Crippen LogP contribution >= 0.6 is 11.8 Å². The summed E-state index contributed by atoms with van der Waals surface area (Å²) in [6.07, 6.45) is 1.67. The maximum absolute atomic E-state index is 11.9. The van der Waals surface area contributed by atoms with Crippen LogP contribution in [-0.2, 0) is 9.59 Å². The van der Waals surface area contributed by atoms with E-state index in [1.54, 1.807) is 24.3 Å². The zero-order valence-corrected chi connectivity index (χ0v) is 12.2. The number of nitrogens with one attached hydrogen (secondary N) is 2. The van der Waals surface area contributed by atoms with E-state index in [9.17, 15) is 14.4 Å². The maximum Gasteiger partial charge on any atom is 0.352 e. The Morgan fingerprint density at radius 2 is 2.00 bits per heavy atom. The van der Waals surface area contributed by atoms with Crippen LogP contribution in [-0.4, -0.2) is 38.7 Å². The van der Waals surface area contributed by atoms with Gasteiger partial charge < -0.3 is 15.7 Å². The lowest BCUT2D eigenvalue weighted by Gasteiger charge is -2.44. The topological polar surface area (TPSA) is 98.7 Å². The zero-order chi connectivity index (χ0) is 15.7. The van der Waals surface area contributed by atoms with Crippen LogP contribution < -0.4 is 10.6 Å². The fourth-order valence-corrected chi connectivity index (χ4v) is 3.60. The molecule has 114 valence electrons. The van der Waals surface area contributed by atoms with E-state index >= 15 is 0 Å².